The minimum atomic E-state index is -0.708. The van der Waals surface area contributed by atoms with E-state index in [2.05, 4.69) is 9.97 Å². The van der Waals surface area contributed by atoms with Crippen molar-refractivity contribution in [2.45, 2.75) is 25.9 Å². The Labute approximate surface area is 134 Å². The molecule has 0 fully saturated rings. The van der Waals surface area contributed by atoms with Gasteiger partial charge in [-0.2, -0.15) is 5.06 Å². The van der Waals surface area contributed by atoms with Gasteiger partial charge in [-0.05, 0) is 36.6 Å². The number of aromatic nitrogens is 2. The van der Waals surface area contributed by atoms with Crippen LogP contribution in [0, 0.1) is 6.92 Å². The average Bonchev–Trinajstić information content (AvgIpc) is 2.52. The molecular weight excluding hydrogens is 294 g/mol. The lowest BCUT2D eigenvalue weighted by Crippen LogP contribution is -2.47. The fourth-order valence-corrected chi connectivity index (χ4v) is 2.67. The molecule has 0 saturated carbocycles. The zero-order valence-electron chi connectivity index (χ0n) is 13.1. The fourth-order valence-electron chi connectivity index (χ4n) is 2.67. The lowest BCUT2D eigenvalue weighted by molar-refractivity contribution is -0.125. The van der Waals surface area contributed by atoms with Gasteiger partial charge in [-0.3, -0.25) is 10.0 Å². The Bertz CT molecular complexity index is 749. The summed E-state index contributed by atoms with van der Waals surface area (Å²) in [5, 5.41) is 10.5. The third kappa shape index (κ3) is 3.01. The van der Waals surface area contributed by atoms with E-state index in [0.29, 0.717) is 29.7 Å². The van der Waals surface area contributed by atoms with Crippen molar-refractivity contribution in [1.82, 2.24) is 9.97 Å². The molecular formula is C16H19N5O2. The highest BCUT2D eigenvalue weighted by atomic mass is 16.5. The molecule has 1 atom stereocenters. The summed E-state index contributed by atoms with van der Waals surface area (Å²) < 4.78 is 0. The van der Waals surface area contributed by atoms with E-state index in [0.717, 1.165) is 16.8 Å². The second kappa shape index (κ2) is 5.94. The van der Waals surface area contributed by atoms with Crippen LogP contribution in [0.25, 0.3) is 0 Å². The maximum atomic E-state index is 11.7. The van der Waals surface area contributed by atoms with Gasteiger partial charge < -0.3 is 10.6 Å². The first-order chi connectivity index (χ1) is 11.0. The molecule has 0 unspecified atom stereocenters. The summed E-state index contributed by atoms with van der Waals surface area (Å²) in [6.07, 6.45) is 2.15. The van der Waals surface area contributed by atoms with Gasteiger partial charge >= 0.3 is 0 Å². The molecule has 2 aromatic rings. The van der Waals surface area contributed by atoms with E-state index in [9.17, 15) is 10.0 Å². The van der Waals surface area contributed by atoms with E-state index >= 15 is 0 Å². The van der Waals surface area contributed by atoms with Crippen molar-refractivity contribution in [3.8, 4) is 0 Å². The van der Waals surface area contributed by atoms with Crippen molar-refractivity contribution in [3.63, 3.8) is 0 Å². The molecule has 0 aliphatic carbocycles. The van der Waals surface area contributed by atoms with Crippen molar-refractivity contribution in [3.05, 3.63) is 47.3 Å². The molecule has 1 amide bonds. The quantitative estimate of drug-likeness (QED) is 0.822. The number of amides is 1. The molecule has 3 rings (SSSR count). The van der Waals surface area contributed by atoms with Crippen LogP contribution in [0.15, 0.2) is 30.5 Å². The van der Waals surface area contributed by atoms with E-state index in [4.69, 9.17) is 5.73 Å². The first kappa shape index (κ1) is 15.4. The summed E-state index contributed by atoms with van der Waals surface area (Å²) in [6, 6.07) is 6.71. The molecule has 7 nitrogen and oxygen atoms in total. The van der Waals surface area contributed by atoms with Crippen LogP contribution in [0.2, 0.25) is 0 Å². The molecule has 7 heteroatoms. The minimum Gasteiger partial charge on any atom is -0.340 e. The molecule has 0 radical (unpaired) electrons. The molecule has 120 valence electrons. The summed E-state index contributed by atoms with van der Waals surface area (Å²) in [4.78, 5) is 22.3. The smallest absolute Gasteiger partial charge is 0.267 e. The number of rotatable bonds is 3. The van der Waals surface area contributed by atoms with Gasteiger partial charge in [0.25, 0.3) is 5.91 Å². The predicted octanol–water partition coefficient (Wildman–Crippen LogP) is 1.03. The molecule has 0 spiro atoms. The van der Waals surface area contributed by atoms with Crippen molar-refractivity contribution in [1.29, 1.82) is 0 Å². The maximum Gasteiger partial charge on any atom is 0.267 e. The predicted molar refractivity (Wildman–Crippen MR) is 86.3 cm³/mol. The Morgan fingerprint density at radius 1 is 1.43 bits per heavy atom. The van der Waals surface area contributed by atoms with E-state index in [-0.39, 0.29) is 0 Å². The van der Waals surface area contributed by atoms with Gasteiger partial charge in [0.15, 0.2) is 0 Å². The Morgan fingerprint density at radius 3 is 2.96 bits per heavy atom. The Balaban J connectivity index is 1.82. The summed E-state index contributed by atoms with van der Waals surface area (Å²) >= 11 is 0. The number of benzene rings is 1. The molecule has 1 aliphatic heterocycles. The van der Waals surface area contributed by atoms with Crippen LogP contribution < -0.4 is 15.7 Å². The maximum absolute atomic E-state index is 11.7. The highest BCUT2D eigenvalue weighted by molar-refractivity contribution is 5.98. The number of anilines is 2. The first-order valence-corrected chi connectivity index (χ1v) is 7.36. The topological polar surface area (TPSA) is 95.6 Å². The highest BCUT2D eigenvalue weighted by Gasteiger charge is 2.29. The summed E-state index contributed by atoms with van der Waals surface area (Å²) in [5.74, 6) is 0.175. The van der Waals surface area contributed by atoms with Crippen LogP contribution in [0.4, 0.5) is 11.6 Å². The van der Waals surface area contributed by atoms with Gasteiger partial charge in [0.2, 0.25) is 5.95 Å². The molecule has 23 heavy (non-hydrogen) atoms. The number of nitrogens with zero attached hydrogens (tertiary/aromatic N) is 4. The normalized spacial score (nSPS) is 17.1. The van der Waals surface area contributed by atoms with Crippen LogP contribution in [-0.2, 0) is 17.8 Å². The number of hydroxylamine groups is 1. The number of carbonyl (C=O) groups is 1. The molecule has 1 aromatic carbocycles. The Hall–Kier alpha value is -2.51. The van der Waals surface area contributed by atoms with Gasteiger partial charge in [0, 0.05) is 25.5 Å². The van der Waals surface area contributed by atoms with E-state index < -0.39 is 11.9 Å². The van der Waals surface area contributed by atoms with Crippen LogP contribution in [0.5, 0.6) is 0 Å². The number of aryl methyl sites for hydroxylation is 1. The SMILES string of the molecule is Cc1ccnc(N(C)Cc2ccc3c(c2)C[C@H](N)C(=O)N3O)n1. The zero-order chi connectivity index (χ0) is 16.6. The number of carbonyl (C=O) groups excluding carboxylic acids is 1. The first-order valence-electron chi connectivity index (χ1n) is 7.36. The van der Waals surface area contributed by atoms with E-state index in [1.165, 1.54) is 0 Å². The molecule has 0 bridgehead atoms. The lowest BCUT2D eigenvalue weighted by Gasteiger charge is -2.28. The summed E-state index contributed by atoms with van der Waals surface area (Å²) in [6.45, 7) is 2.54. The van der Waals surface area contributed by atoms with Gasteiger partial charge in [0.1, 0.15) is 0 Å². The minimum absolute atomic E-state index is 0.420. The van der Waals surface area contributed by atoms with Gasteiger partial charge in [-0.1, -0.05) is 12.1 Å². The van der Waals surface area contributed by atoms with Crippen LogP contribution in [-0.4, -0.2) is 34.2 Å². The molecule has 0 saturated heterocycles. The number of nitrogens with two attached hydrogens (primary N) is 1. The van der Waals surface area contributed by atoms with Crippen molar-refractivity contribution >= 4 is 17.5 Å². The van der Waals surface area contributed by atoms with Crippen molar-refractivity contribution in [2.24, 2.45) is 5.73 Å². The Morgan fingerprint density at radius 2 is 2.22 bits per heavy atom. The summed E-state index contributed by atoms with van der Waals surface area (Å²) in [5.41, 5.74) is 9.06. The standard InChI is InChI=1S/C16H19N5O2/c1-10-5-6-18-16(19-10)20(2)9-11-3-4-14-12(7-11)8-13(17)15(22)21(14)23/h3-7,13,23H,8-9,17H2,1-2H3/t13-/m0/s1. The van der Waals surface area contributed by atoms with Crippen LogP contribution >= 0.6 is 0 Å². The third-order valence-electron chi connectivity index (χ3n) is 3.88. The second-order valence-electron chi connectivity index (χ2n) is 5.78. The highest BCUT2D eigenvalue weighted by Crippen LogP contribution is 2.27. The van der Waals surface area contributed by atoms with Crippen LogP contribution in [0.3, 0.4) is 0 Å². The number of fused-ring (bicyclic) bond motifs is 1. The molecule has 3 N–H and O–H groups in total. The van der Waals surface area contributed by atoms with E-state index in [1.54, 1.807) is 12.3 Å². The van der Waals surface area contributed by atoms with Gasteiger partial charge in [-0.25, -0.2) is 9.97 Å². The van der Waals surface area contributed by atoms with E-state index in [1.807, 2.05) is 37.1 Å². The van der Waals surface area contributed by atoms with Crippen molar-refractivity contribution in [2.75, 3.05) is 17.0 Å². The Kier molecular flexibility index (Phi) is 3.97. The van der Waals surface area contributed by atoms with Crippen LogP contribution in [0.1, 0.15) is 16.8 Å². The van der Waals surface area contributed by atoms with Gasteiger partial charge in [-0.15, -0.1) is 0 Å². The third-order valence-corrected chi connectivity index (χ3v) is 3.88. The average molecular weight is 313 g/mol. The lowest BCUT2D eigenvalue weighted by atomic mass is 9.97. The molecule has 1 aliphatic rings. The number of hydrogen-bond donors (Lipinski definition) is 2. The fraction of sp³-hybridized carbons (Fsp3) is 0.312. The summed E-state index contributed by atoms with van der Waals surface area (Å²) in [7, 11) is 1.92. The van der Waals surface area contributed by atoms with Gasteiger partial charge in [0.05, 0.1) is 11.7 Å². The zero-order valence-corrected chi connectivity index (χ0v) is 13.1. The van der Waals surface area contributed by atoms with Crippen molar-refractivity contribution < 1.29 is 10.0 Å². The largest absolute Gasteiger partial charge is 0.340 e. The molecule has 1 aromatic heterocycles. The number of hydrogen-bond acceptors (Lipinski definition) is 6. The molecule has 2 heterocycles. The second-order valence-corrected chi connectivity index (χ2v) is 5.78. The monoisotopic (exact) mass is 313 g/mol.